The van der Waals surface area contributed by atoms with Crippen LogP contribution in [0.1, 0.15) is 89.7 Å². The van der Waals surface area contributed by atoms with Gasteiger partial charge in [-0.05, 0) is 87.3 Å². The number of benzene rings is 2. The van der Waals surface area contributed by atoms with Crippen molar-refractivity contribution in [1.82, 2.24) is 30.0 Å². The molecule has 9 rings (SSSR count). The van der Waals surface area contributed by atoms with Gasteiger partial charge in [0.15, 0.2) is 0 Å². The van der Waals surface area contributed by atoms with Crippen LogP contribution in [0.25, 0.3) is 22.3 Å². The maximum atomic E-state index is 13.2. The van der Waals surface area contributed by atoms with Crippen LogP contribution in [-0.2, 0) is 14.3 Å². The number of rotatable bonds is 10. The second-order valence-corrected chi connectivity index (χ2v) is 14.5. The lowest BCUT2D eigenvalue weighted by Crippen LogP contribution is -2.54. The average molecular weight is 689 g/mol. The van der Waals surface area contributed by atoms with Crippen LogP contribution in [0.2, 0.25) is 0 Å². The minimum atomic E-state index is -0.964. The summed E-state index contributed by atoms with van der Waals surface area (Å²) < 4.78 is 7.68. The SMILES string of the molecule is O=C1CCC(N2C(=O)c3ccc(NCCC[C@H]4C[C@H](n5cc(-c6cnc7cc(N8CCOCC8)ccc7n6)c(C6CC6)n5)C4)cc3C2=O)C(=O)N1. The fourth-order valence-electron chi connectivity index (χ4n) is 7.95. The Labute approximate surface area is 294 Å². The second-order valence-electron chi connectivity index (χ2n) is 14.5. The third-order valence-corrected chi connectivity index (χ3v) is 11.0. The van der Waals surface area contributed by atoms with E-state index in [4.69, 9.17) is 19.8 Å². The summed E-state index contributed by atoms with van der Waals surface area (Å²) in [6.45, 7) is 4.01. The van der Waals surface area contributed by atoms with E-state index in [1.54, 1.807) is 18.2 Å². The topological polar surface area (TPSA) is 152 Å². The number of aromatic nitrogens is 4. The van der Waals surface area contributed by atoms with Crippen LogP contribution in [0.15, 0.2) is 48.8 Å². The van der Waals surface area contributed by atoms with E-state index < -0.39 is 23.8 Å². The molecule has 4 amide bonds. The molecule has 0 radical (unpaired) electrons. The van der Waals surface area contributed by atoms with Gasteiger partial charge in [-0.2, -0.15) is 5.10 Å². The highest BCUT2D eigenvalue weighted by atomic mass is 16.5. The molecular weight excluding hydrogens is 648 g/mol. The zero-order valence-corrected chi connectivity index (χ0v) is 28.3. The van der Waals surface area contributed by atoms with Gasteiger partial charge in [0.1, 0.15) is 6.04 Å². The summed E-state index contributed by atoms with van der Waals surface area (Å²) in [7, 11) is 0. The summed E-state index contributed by atoms with van der Waals surface area (Å²) in [4.78, 5) is 63.2. The molecule has 262 valence electrons. The van der Waals surface area contributed by atoms with E-state index in [1.165, 1.54) is 12.8 Å². The van der Waals surface area contributed by atoms with E-state index in [-0.39, 0.29) is 29.9 Å². The lowest BCUT2D eigenvalue weighted by molar-refractivity contribution is -0.136. The highest BCUT2D eigenvalue weighted by molar-refractivity contribution is 6.23. The molecule has 2 aromatic carbocycles. The molecule has 4 fully saturated rings. The standard InChI is InChI=1S/C38H40N8O5/c47-34-10-9-33(36(48)42-34)46-37(49)27-7-5-24(18-28(27)38(46)50)39-11-1-2-22-16-26(17-22)45-21-29(35(43-45)23-3-4-23)32-20-40-31-19-25(6-8-30(31)41-32)44-12-14-51-15-13-44/h5-8,18-23,26,33,39H,1-4,9-17H2,(H,42,47,48)/t22-,26-,33?. The first-order valence-corrected chi connectivity index (χ1v) is 18.2. The van der Waals surface area contributed by atoms with Crippen LogP contribution >= 0.6 is 0 Å². The fourth-order valence-corrected chi connectivity index (χ4v) is 7.95. The Morgan fingerprint density at radius 1 is 0.902 bits per heavy atom. The maximum absolute atomic E-state index is 13.2. The van der Waals surface area contributed by atoms with Gasteiger partial charge in [-0.25, -0.2) is 4.98 Å². The molecule has 3 aliphatic heterocycles. The van der Waals surface area contributed by atoms with Crippen LogP contribution < -0.4 is 15.5 Å². The number of piperidine rings is 1. The van der Waals surface area contributed by atoms with E-state index in [1.807, 2.05) is 6.20 Å². The van der Waals surface area contributed by atoms with E-state index in [9.17, 15) is 19.2 Å². The summed E-state index contributed by atoms with van der Waals surface area (Å²) in [6.07, 6.45) is 10.9. The first-order valence-electron chi connectivity index (χ1n) is 18.2. The predicted octanol–water partition coefficient (Wildman–Crippen LogP) is 4.45. The van der Waals surface area contributed by atoms with Crippen molar-refractivity contribution < 1.29 is 23.9 Å². The molecule has 13 heteroatoms. The molecule has 1 unspecified atom stereocenters. The molecule has 51 heavy (non-hydrogen) atoms. The number of hydrogen-bond donors (Lipinski definition) is 2. The normalized spacial score (nSPS) is 23.4. The van der Waals surface area contributed by atoms with Crippen molar-refractivity contribution >= 4 is 46.0 Å². The third kappa shape index (κ3) is 6.02. The van der Waals surface area contributed by atoms with E-state index in [0.717, 1.165) is 103 Å². The van der Waals surface area contributed by atoms with Crippen LogP contribution in [0.4, 0.5) is 11.4 Å². The minimum absolute atomic E-state index is 0.0978. The highest BCUT2D eigenvalue weighted by Gasteiger charge is 2.44. The number of nitrogens with one attached hydrogen (secondary N) is 2. The van der Waals surface area contributed by atoms with Crippen LogP contribution in [0.3, 0.4) is 0 Å². The number of hydrogen-bond acceptors (Lipinski definition) is 10. The Kier molecular flexibility index (Phi) is 8.02. The average Bonchev–Trinajstić information content (AvgIpc) is 3.84. The molecule has 0 bridgehead atoms. The Balaban J connectivity index is 0.791. The fraction of sp³-hybridized carbons (Fsp3) is 0.447. The quantitative estimate of drug-likeness (QED) is 0.181. The Morgan fingerprint density at radius 2 is 1.73 bits per heavy atom. The van der Waals surface area contributed by atoms with Crippen LogP contribution in [-0.4, -0.2) is 87.2 Å². The lowest BCUT2D eigenvalue weighted by atomic mass is 9.77. The van der Waals surface area contributed by atoms with Crippen molar-refractivity contribution in [2.75, 3.05) is 43.1 Å². The Morgan fingerprint density at radius 3 is 2.53 bits per heavy atom. The van der Waals surface area contributed by atoms with Gasteiger partial charge in [0, 0.05) is 55.1 Å². The molecule has 2 N–H and O–H groups in total. The number of amides is 4. The minimum Gasteiger partial charge on any atom is -0.385 e. The Hall–Kier alpha value is -5.17. The lowest BCUT2D eigenvalue weighted by Gasteiger charge is -2.35. The summed E-state index contributed by atoms with van der Waals surface area (Å²) in [5.41, 5.74) is 7.42. The van der Waals surface area contributed by atoms with Crippen molar-refractivity contribution in [3.8, 4) is 11.3 Å². The van der Waals surface area contributed by atoms with Crippen LogP contribution in [0.5, 0.6) is 0 Å². The monoisotopic (exact) mass is 688 g/mol. The molecule has 2 aliphatic carbocycles. The molecule has 5 heterocycles. The van der Waals surface area contributed by atoms with E-state index in [0.29, 0.717) is 17.9 Å². The zero-order chi connectivity index (χ0) is 34.6. The molecule has 0 spiro atoms. The number of carbonyl (C=O) groups excluding carboxylic acids is 4. The van der Waals surface area contributed by atoms with Gasteiger partial charge in [-0.3, -0.25) is 39.1 Å². The van der Waals surface area contributed by atoms with Gasteiger partial charge >= 0.3 is 0 Å². The zero-order valence-electron chi connectivity index (χ0n) is 28.3. The summed E-state index contributed by atoms with van der Waals surface area (Å²) in [5.74, 6) is -0.861. The van der Waals surface area contributed by atoms with Crippen molar-refractivity contribution in [2.45, 2.75) is 69.4 Å². The van der Waals surface area contributed by atoms with Gasteiger partial charge in [0.05, 0.1) is 59.0 Å². The predicted molar refractivity (Wildman–Crippen MR) is 188 cm³/mol. The van der Waals surface area contributed by atoms with E-state index in [2.05, 4.69) is 44.6 Å². The van der Waals surface area contributed by atoms with Crippen molar-refractivity contribution in [3.05, 3.63) is 65.6 Å². The summed E-state index contributed by atoms with van der Waals surface area (Å²) in [5, 5.41) is 10.7. The number of nitrogens with zero attached hydrogens (tertiary/aromatic N) is 6. The first-order chi connectivity index (χ1) is 24.9. The van der Waals surface area contributed by atoms with Crippen molar-refractivity contribution in [1.29, 1.82) is 0 Å². The van der Waals surface area contributed by atoms with Gasteiger partial charge in [-0.15, -0.1) is 0 Å². The molecule has 2 aromatic heterocycles. The van der Waals surface area contributed by atoms with E-state index >= 15 is 0 Å². The third-order valence-electron chi connectivity index (χ3n) is 11.0. The Bertz CT molecular complexity index is 2060. The van der Waals surface area contributed by atoms with Gasteiger partial charge in [-0.1, -0.05) is 0 Å². The molecule has 13 nitrogen and oxygen atoms in total. The number of carbonyl (C=O) groups is 4. The van der Waals surface area contributed by atoms with Gasteiger partial charge in [0.25, 0.3) is 11.8 Å². The number of ether oxygens (including phenoxy) is 1. The number of fused-ring (bicyclic) bond motifs is 2. The largest absolute Gasteiger partial charge is 0.385 e. The molecule has 1 atom stereocenters. The van der Waals surface area contributed by atoms with Crippen LogP contribution in [0, 0.1) is 5.92 Å². The first kappa shape index (κ1) is 31.8. The molecular formula is C38H40N8O5. The molecule has 2 saturated heterocycles. The number of anilines is 2. The summed E-state index contributed by atoms with van der Waals surface area (Å²) in [6, 6.07) is 10.9. The molecule has 4 aromatic rings. The van der Waals surface area contributed by atoms with Gasteiger partial charge in [0.2, 0.25) is 11.8 Å². The molecule has 2 saturated carbocycles. The number of imide groups is 2. The second kappa shape index (κ2) is 12.9. The highest BCUT2D eigenvalue weighted by Crippen LogP contribution is 2.46. The molecule has 5 aliphatic rings. The number of morpholine rings is 1. The maximum Gasteiger partial charge on any atom is 0.262 e. The summed E-state index contributed by atoms with van der Waals surface area (Å²) >= 11 is 0. The van der Waals surface area contributed by atoms with Crippen molar-refractivity contribution in [2.24, 2.45) is 5.92 Å². The smallest absolute Gasteiger partial charge is 0.262 e. The van der Waals surface area contributed by atoms with Crippen molar-refractivity contribution in [3.63, 3.8) is 0 Å². The van der Waals surface area contributed by atoms with Gasteiger partial charge < -0.3 is 15.0 Å².